The van der Waals surface area contributed by atoms with Crippen LogP contribution in [0.5, 0.6) is 0 Å². The molecule has 0 aromatic rings. The minimum Gasteiger partial charge on any atom is -0.479 e. The number of hydrogen-bond donors (Lipinski definition) is 2. The molecule has 0 spiro atoms. The summed E-state index contributed by atoms with van der Waals surface area (Å²) in [7, 11) is 0. The third-order valence-corrected chi connectivity index (χ3v) is 3.80. The monoisotopic (exact) mass is 275 g/mol. The van der Waals surface area contributed by atoms with Crippen LogP contribution in [0.3, 0.4) is 0 Å². The van der Waals surface area contributed by atoms with Crippen LogP contribution in [0.4, 0.5) is 0 Å². The van der Waals surface area contributed by atoms with Crippen molar-refractivity contribution < 1.29 is 19.4 Å². The van der Waals surface area contributed by atoms with E-state index in [9.17, 15) is 9.59 Å². The Kier molecular flexibility index (Phi) is 5.47. The minimum absolute atomic E-state index is 0.184. The number of carboxylic acid groups (broad SMARTS) is 1. The van der Waals surface area contributed by atoms with Gasteiger partial charge in [0.2, 0.25) is 5.91 Å². The molecule has 0 saturated carbocycles. The maximum Gasteiger partial charge on any atom is 0.332 e. The number of nitrogens with one attached hydrogen (secondary N) is 1. The highest BCUT2D eigenvalue weighted by Crippen LogP contribution is 2.22. The molecule has 1 aliphatic heterocycles. The van der Waals surface area contributed by atoms with Crippen LogP contribution in [-0.4, -0.2) is 46.2 Å². The minimum atomic E-state index is -0.992. The zero-order valence-corrected chi connectivity index (χ0v) is 11.9. The van der Waals surface area contributed by atoms with E-state index in [1.165, 1.54) is 0 Å². The molecule has 0 bridgehead atoms. The number of carboxylic acids is 1. The Balaban J connectivity index is 2.20. The van der Waals surface area contributed by atoms with Crippen LogP contribution in [0.2, 0.25) is 0 Å². The summed E-state index contributed by atoms with van der Waals surface area (Å²) in [5.74, 6) is -0.355. The molecule has 2 N–H and O–H groups in total. The maximum atomic E-state index is 11.7. The molecule has 0 aromatic heterocycles. The van der Waals surface area contributed by atoms with E-state index in [0.29, 0.717) is 19.4 Å². The molecule has 104 valence electrons. The van der Waals surface area contributed by atoms with Crippen LogP contribution in [0.25, 0.3) is 0 Å². The summed E-state index contributed by atoms with van der Waals surface area (Å²) in [6.45, 7) is 6.95. The van der Waals surface area contributed by atoms with Crippen LogP contribution in [0.1, 0.15) is 33.6 Å². The van der Waals surface area contributed by atoms with Gasteiger partial charge in [-0.25, -0.2) is 4.79 Å². The fourth-order valence-corrected chi connectivity index (χ4v) is 2.47. The van der Waals surface area contributed by atoms with Crippen molar-refractivity contribution in [1.82, 2.24) is 5.32 Å². The van der Waals surface area contributed by atoms with Crippen LogP contribution in [0, 0.1) is 0 Å². The average Bonchev–Trinajstić information content (AvgIpc) is 2.72. The number of rotatable bonds is 5. The lowest BCUT2D eigenvalue weighted by atomic mass is 10.2. The number of aliphatic carboxylic acids is 1. The molecule has 2 atom stereocenters. The smallest absolute Gasteiger partial charge is 0.332 e. The van der Waals surface area contributed by atoms with E-state index in [2.05, 4.69) is 26.1 Å². The molecule has 1 saturated heterocycles. The molecule has 0 aromatic carbocycles. The molecule has 1 rings (SSSR count). The normalized spacial score (nSPS) is 23.9. The molecule has 1 heterocycles. The molecule has 0 aliphatic carbocycles. The summed E-state index contributed by atoms with van der Waals surface area (Å²) in [6, 6.07) is 0. The Morgan fingerprint density at radius 2 is 1.94 bits per heavy atom. The quantitative estimate of drug-likeness (QED) is 0.739. The molecule has 6 heteroatoms. The molecule has 1 aliphatic rings. The van der Waals surface area contributed by atoms with Gasteiger partial charge in [0.1, 0.15) is 6.10 Å². The average molecular weight is 275 g/mol. The molecular formula is C12H21NO4S. The van der Waals surface area contributed by atoms with Gasteiger partial charge in [0.05, 0.1) is 0 Å². The van der Waals surface area contributed by atoms with Crippen molar-refractivity contribution >= 4 is 23.6 Å². The molecule has 18 heavy (non-hydrogen) atoms. The first-order valence-electron chi connectivity index (χ1n) is 6.09. The molecule has 0 radical (unpaired) electrons. The second kappa shape index (κ2) is 6.43. The lowest BCUT2D eigenvalue weighted by Crippen LogP contribution is -2.37. The molecular weight excluding hydrogens is 254 g/mol. The highest BCUT2D eigenvalue weighted by Gasteiger charge is 2.34. The third kappa shape index (κ3) is 5.27. The van der Waals surface area contributed by atoms with Gasteiger partial charge in [-0.3, -0.25) is 4.79 Å². The summed E-state index contributed by atoms with van der Waals surface area (Å²) in [4.78, 5) is 22.4. The van der Waals surface area contributed by atoms with Crippen molar-refractivity contribution in [1.29, 1.82) is 0 Å². The fourth-order valence-electron chi connectivity index (χ4n) is 1.66. The zero-order chi connectivity index (χ0) is 13.8. The largest absolute Gasteiger partial charge is 0.479 e. The van der Waals surface area contributed by atoms with Crippen molar-refractivity contribution in [2.24, 2.45) is 0 Å². The van der Waals surface area contributed by atoms with Crippen molar-refractivity contribution in [2.75, 3.05) is 12.3 Å². The third-order valence-electron chi connectivity index (χ3n) is 2.52. The molecule has 1 fully saturated rings. The molecule has 1 amide bonds. The van der Waals surface area contributed by atoms with Crippen molar-refractivity contribution in [3.05, 3.63) is 0 Å². The topological polar surface area (TPSA) is 75.6 Å². The van der Waals surface area contributed by atoms with Gasteiger partial charge < -0.3 is 15.2 Å². The maximum absolute atomic E-state index is 11.7. The summed E-state index contributed by atoms with van der Waals surface area (Å²) in [5, 5.41) is 11.5. The van der Waals surface area contributed by atoms with Crippen LogP contribution < -0.4 is 5.32 Å². The van der Waals surface area contributed by atoms with Gasteiger partial charge in [0.25, 0.3) is 0 Å². The van der Waals surface area contributed by atoms with Crippen LogP contribution >= 0.6 is 11.8 Å². The Morgan fingerprint density at radius 3 is 2.44 bits per heavy atom. The van der Waals surface area contributed by atoms with Gasteiger partial charge in [-0.05, 0) is 12.8 Å². The van der Waals surface area contributed by atoms with E-state index in [0.717, 1.165) is 5.75 Å². The second-order valence-electron chi connectivity index (χ2n) is 5.28. The number of hydrogen-bond acceptors (Lipinski definition) is 4. The fraction of sp³-hybridized carbons (Fsp3) is 0.833. The summed E-state index contributed by atoms with van der Waals surface area (Å²) >= 11 is 1.77. The lowest BCUT2D eigenvalue weighted by molar-refractivity contribution is -0.151. The molecule has 0 unspecified atom stereocenters. The first-order chi connectivity index (χ1) is 8.29. The first kappa shape index (κ1) is 15.3. The number of ether oxygens (including phenoxy) is 1. The van der Waals surface area contributed by atoms with E-state index >= 15 is 0 Å². The first-order valence-corrected chi connectivity index (χ1v) is 7.08. The second-order valence-corrected chi connectivity index (χ2v) is 7.20. The zero-order valence-electron chi connectivity index (χ0n) is 11.1. The Bertz CT molecular complexity index is 314. The number of carbonyl (C=O) groups excluding carboxylic acids is 1. The van der Waals surface area contributed by atoms with Gasteiger partial charge in [0, 0.05) is 17.0 Å². The van der Waals surface area contributed by atoms with Crippen molar-refractivity contribution in [3.8, 4) is 0 Å². The van der Waals surface area contributed by atoms with E-state index in [-0.39, 0.29) is 10.7 Å². The Hall–Kier alpha value is -0.750. The summed E-state index contributed by atoms with van der Waals surface area (Å²) in [5.41, 5.74) is 0. The SMILES string of the molecule is CC(C)(C)SCCNC(=O)[C@@H]1CC[C@H](C(=O)O)O1. The molecule has 5 nitrogen and oxygen atoms in total. The van der Waals surface area contributed by atoms with Crippen molar-refractivity contribution in [3.63, 3.8) is 0 Å². The van der Waals surface area contributed by atoms with E-state index in [1.54, 1.807) is 11.8 Å². The van der Waals surface area contributed by atoms with Crippen LogP contribution in [0.15, 0.2) is 0 Å². The van der Waals surface area contributed by atoms with Gasteiger partial charge >= 0.3 is 5.97 Å². The van der Waals surface area contributed by atoms with E-state index in [1.807, 2.05) is 0 Å². The Morgan fingerprint density at radius 1 is 1.33 bits per heavy atom. The highest BCUT2D eigenvalue weighted by molar-refractivity contribution is 8.00. The summed E-state index contributed by atoms with van der Waals surface area (Å²) in [6.07, 6.45) is -0.547. The van der Waals surface area contributed by atoms with Crippen molar-refractivity contribution in [2.45, 2.75) is 50.6 Å². The van der Waals surface area contributed by atoms with Gasteiger partial charge in [0.15, 0.2) is 6.10 Å². The van der Waals surface area contributed by atoms with Gasteiger partial charge in [-0.15, -0.1) is 0 Å². The van der Waals surface area contributed by atoms with Gasteiger partial charge in [-0.1, -0.05) is 20.8 Å². The predicted molar refractivity (Wildman–Crippen MR) is 70.8 cm³/mol. The Labute approximate surface area is 112 Å². The predicted octanol–water partition coefficient (Wildman–Crippen LogP) is 1.27. The van der Waals surface area contributed by atoms with E-state index in [4.69, 9.17) is 9.84 Å². The van der Waals surface area contributed by atoms with Crippen LogP contribution in [-0.2, 0) is 14.3 Å². The standard InChI is InChI=1S/C12H21NO4S/c1-12(2,3)18-7-6-13-10(14)8-4-5-9(17-8)11(15)16/h8-9H,4-7H2,1-3H3,(H,13,14)(H,15,16)/t8-,9+/m0/s1. The van der Waals surface area contributed by atoms with Gasteiger partial charge in [-0.2, -0.15) is 11.8 Å². The number of carbonyl (C=O) groups is 2. The highest BCUT2D eigenvalue weighted by atomic mass is 32.2. The van der Waals surface area contributed by atoms with E-state index < -0.39 is 18.2 Å². The number of thioether (sulfide) groups is 1. The summed E-state index contributed by atoms with van der Waals surface area (Å²) < 4.78 is 5.35. The lowest BCUT2D eigenvalue weighted by Gasteiger charge is -2.18. The number of amides is 1.